The van der Waals surface area contributed by atoms with Gasteiger partial charge in [-0.05, 0) is 31.7 Å². The van der Waals surface area contributed by atoms with Gasteiger partial charge >= 0.3 is 0 Å². The first kappa shape index (κ1) is 21.1. The largest absolute Gasteiger partial charge is 0.438 e. The summed E-state index contributed by atoms with van der Waals surface area (Å²) in [6, 6.07) is 9.40. The van der Waals surface area contributed by atoms with E-state index in [1.54, 1.807) is 11.8 Å². The Kier molecular flexibility index (Phi) is 6.34. The number of aryl methyl sites for hydroxylation is 1. The average molecular weight is 425 g/mol. The fourth-order valence-electron chi connectivity index (χ4n) is 4.04. The van der Waals surface area contributed by atoms with E-state index in [1.807, 2.05) is 35.2 Å². The number of aromatic nitrogens is 1. The fourth-order valence-corrected chi connectivity index (χ4v) is 4.04. The molecule has 8 heteroatoms. The van der Waals surface area contributed by atoms with E-state index in [0.29, 0.717) is 38.3 Å². The number of hydrogen-bond acceptors (Lipinski definition) is 5. The van der Waals surface area contributed by atoms with Gasteiger partial charge < -0.3 is 19.5 Å². The molecule has 4 rings (SSSR count). The van der Waals surface area contributed by atoms with E-state index in [0.717, 1.165) is 18.4 Å². The number of nitrogens with one attached hydrogen (secondary N) is 1. The lowest BCUT2D eigenvalue weighted by Crippen LogP contribution is -2.39. The van der Waals surface area contributed by atoms with E-state index in [1.165, 1.54) is 6.39 Å². The van der Waals surface area contributed by atoms with E-state index < -0.39 is 0 Å². The lowest BCUT2D eigenvalue weighted by atomic mass is 10.0. The van der Waals surface area contributed by atoms with E-state index in [-0.39, 0.29) is 41.9 Å². The van der Waals surface area contributed by atoms with Crippen LogP contribution in [0.1, 0.15) is 53.5 Å². The molecule has 0 bridgehead atoms. The van der Waals surface area contributed by atoms with Crippen molar-refractivity contribution in [3.05, 3.63) is 53.7 Å². The summed E-state index contributed by atoms with van der Waals surface area (Å²) in [5, 5.41) is 2.91. The van der Waals surface area contributed by atoms with Crippen LogP contribution in [0.15, 0.2) is 41.1 Å². The highest BCUT2D eigenvalue weighted by Gasteiger charge is 2.37. The Labute approximate surface area is 181 Å². The molecule has 1 unspecified atom stereocenters. The Bertz CT molecular complexity index is 938. The van der Waals surface area contributed by atoms with Crippen molar-refractivity contribution in [2.24, 2.45) is 5.92 Å². The summed E-state index contributed by atoms with van der Waals surface area (Å²) in [6.45, 7) is 3.39. The van der Waals surface area contributed by atoms with E-state index >= 15 is 0 Å². The molecule has 1 N–H and O–H groups in total. The minimum atomic E-state index is -0.312. The summed E-state index contributed by atoms with van der Waals surface area (Å²) < 4.78 is 5.27. The molecule has 3 amide bonds. The van der Waals surface area contributed by atoms with Gasteiger partial charge in [0.05, 0.1) is 18.2 Å². The van der Waals surface area contributed by atoms with Crippen LogP contribution in [0.4, 0.5) is 0 Å². The number of hydrogen-bond donors (Lipinski definition) is 1. The highest BCUT2D eigenvalue weighted by Crippen LogP contribution is 2.35. The molecule has 2 fully saturated rings. The smallest absolute Gasteiger partial charge is 0.291 e. The van der Waals surface area contributed by atoms with Gasteiger partial charge in [0.2, 0.25) is 17.6 Å². The van der Waals surface area contributed by atoms with E-state index in [4.69, 9.17) is 4.42 Å². The van der Waals surface area contributed by atoms with Crippen molar-refractivity contribution < 1.29 is 18.8 Å². The molecule has 2 aliphatic rings. The summed E-state index contributed by atoms with van der Waals surface area (Å²) in [5.74, 6) is -0.0103. The summed E-state index contributed by atoms with van der Waals surface area (Å²) in [7, 11) is 0. The maximum absolute atomic E-state index is 13.1. The molecule has 164 valence electrons. The van der Waals surface area contributed by atoms with Gasteiger partial charge in [-0.15, -0.1) is 0 Å². The third-order valence-corrected chi connectivity index (χ3v) is 5.91. The molecule has 1 aromatic carbocycles. The van der Waals surface area contributed by atoms with Crippen LogP contribution in [0.2, 0.25) is 0 Å². The number of oxazole rings is 1. The Morgan fingerprint density at radius 3 is 2.58 bits per heavy atom. The van der Waals surface area contributed by atoms with Gasteiger partial charge in [0.25, 0.3) is 5.91 Å². The summed E-state index contributed by atoms with van der Waals surface area (Å²) >= 11 is 0. The number of carbonyl (C=O) groups is 3. The van der Waals surface area contributed by atoms with Crippen LogP contribution in [0.5, 0.6) is 0 Å². The number of rotatable bonds is 3. The molecular formula is C23H28N4O4. The molecular weight excluding hydrogens is 396 g/mol. The van der Waals surface area contributed by atoms with Crippen molar-refractivity contribution >= 4 is 17.7 Å². The quantitative estimate of drug-likeness (QED) is 0.816. The number of carbonyl (C=O) groups excluding carboxylic acids is 3. The molecule has 0 spiro atoms. The zero-order valence-corrected chi connectivity index (χ0v) is 17.8. The van der Waals surface area contributed by atoms with Gasteiger partial charge in [-0.1, -0.05) is 30.3 Å². The normalized spacial score (nSPS) is 20.7. The maximum Gasteiger partial charge on any atom is 0.291 e. The first-order chi connectivity index (χ1) is 15.0. The van der Waals surface area contributed by atoms with Crippen LogP contribution in [-0.4, -0.2) is 58.7 Å². The molecule has 2 aromatic rings. The van der Waals surface area contributed by atoms with Crippen LogP contribution < -0.4 is 5.32 Å². The predicted octanol–water partition coefficient (Wildman–Crippen LogP) is 2.32. The topological polar surface area (TPSA) is 95.8 Å². The zero-order valence-electron chi connectivity index (χ0n) is 17.8. The number of benzene rings is 1. The standard InChI is InChI=1S/C23H28N4O4/c1-16-21(31-15-25-16)23(30)26-11-5-12-27(22(29)18-8-9-18)19(14-20(28)24-10-13-26)17-6-3-2-4-7-17/h2-4,6-7,15,18-19H,5,8-14H2,1H3,(H,24,28). The molecule has 0 radical (unpaired) electrons. The predicted molar refractivity (Wildman–Crippen MR) is 113 cm³/mol. The number of amides is 3. The van der Waals surface area contributed by atoms with Crippen molar-refractivity contribution in [3.63, 3.8) is 0 Å². The third-order valence-electron chi connectivity index (χ3n) is 5.91. The monoisotopic (exact) mass is 424 g/mol. The highest BCUT2D eigenvalue weighted by atomic mass is 16.3. The first-order valence-electron chi connectivity index (χ1n) is 10.9. The summed E-state index contributed by atoms with van der Waals surface area (Å²) in [6.07, 6.45) is 3.89. The molecule has 2 heterocycles. The molecule has 1 aliphatic carbocycles. The van der Waals surface area contributed by atoms with Crippen LogP contribution in [-0.2, 0) is 9.59 Å². The lowest BCUT2D eigenvalue weighted by molar-refractivity contribution is -0.136. The Balaban J connectivity index is 1.57. The third kappa shape index (κ3) is 4.95. The fraction of sp³-hybridized carbons (Fsp3) is 0.478. The summed E-state index contributed by atoms with van der Waals surface area (Å²) in [4.78, 5) is 46.3. The van der Waals surface area contributed by atoms with Crippen molar-refractivity contribution in [3.8, 4) is 0 Å². The molecule has 8 nitrogen and oxygen atoms in total. The molecule has 1 aromatic heterocycles. The van der Waals surface area contributed by atoms with Gasteiger partial charge in [-0.2, -0.15) is 0 Å². The Morgan fingerprint density at radius 2 is 1.90 bits per heavy atom. The van der Waals surface area contributed by atoms with Crippen molar-refractivity contribution in [1.82, 2.24) is 20.1 Å². The van der Waals surface area contributed by atoms with Gasteiger partial charge in [0.1, 0.15) is 0 Å². The minimum Gasteiger partial charge on any atom is -0.438 e. The SMILES string of the molecule is Cc1ncoc1C(=O)N1CCCN(C(=O)C2CC2)C(c2ccccc2)CC(=O)NCC1. The highest BCUT2D eigenvalue weighted by molar-refractivity contribution is 5.92. The number of nitrogens with zero attached hydrogens (tertiary/aromatic N) is 3. The van der Waals surface area contributed by atoms with Crippen molar-refractivity contribution in [2.75, 3.05) is 26.2 Å². The molecule has 1 aliphatic heterocycles. The van der Waals surface area contributed by atoms with E-state index in [2.05, 4.69) is 10.3 Å². The lowest BCUT2D eigenvalue weighted by Gasteiger charge is -2.32. The first-order valence-corrected chi connectivity index (χ1v) is 10.9. The molecule has 31 heavy (non-hydrogen) atoms. The van der Waals surface area contributed by atoms with Gasteiger partial charge in [-0.3, -0.25) is 14.4 Å². The van der Waals surface area contributed by atoms with Gasteiger partial charge in [0, 0.05) is 32.1 Å². The molecule has 1 saturated heterocycles. The van der Waals surface area contributed by atoms with Crippen molar-refractivity contribution in [2.45, 2.75) is 38.6 Å². The Hall–Kier alpha value is -3.16. The molecule has 1 atom stereocenters. The van der Waals surface area contributed by atoms with Crippen LogP contribution >= 0.6 is 0 Å². The van der Waals surface area contributed by atoms with E-state index in [9.17, 15) is 14.4 Å². The van der Waals surface area contributed by atoms with Crippen LogP contribution in [0.3, 0.4) is 0 Å². The maximum atomic E-state index is 13.1. The second-order valence-corrected chi connectivity index (χ2v) is 8.20. The summed E-state index contributed by atoms with van der Waals surface area (Å²) in [5.41, 5.74) is 1.49. The minimum absolute atomic E-state index is 0.0500. The van der Waals surface area contributed by atoms with Crippen LogP contribution in [0.25, 0.3) is 0 Å². The zero-order chi connectivity index (χ0) is 21.8. The molecule has 1 saturated carbocycles. The Morgan fingerprint density at radius 1 is 1.13 bits per heavy atom. The van der Waals surface area contributed by atoms with Gasteiger partial charge in [0.15, 0.2) is 6.39 Å². The van der Waals surface area contributed by atoms with Crippen LogP contribution in [0, 0.1) is 12.8 Å². The second kappa shape index (κ2) is 9.32. The van der Waals surface area contributed by atoms with Crippen molar-refractivity contribution in [1.29, 1.82) is 0 Å². The van der Waals surface area contributed by atoms with Gasteiger partial charge in [-0.25, -0.2) is 4.98 Å². The average Bonchev–Trinajstić information content (AvgIpc) is 3.54. The second-order valence-electron chi connectivity index (χ2n) is 8.20.